The molecule has 0 bridgehead atoms. The van der Waals surface area contributed by atoms with E-state index in [0.29, 0.717) is 18.4 Å². The predicted molar refractivity (Wildman–Crippen MR) is 55.9 cm³/mol. The number of carbonyl (C=O) groups is 1. The Morgan fingerprint density at radius 2 is 2.13 bits per heavy atom. The van der Waals surface area contributed by atoms with Gasteiger partial charge in [-0.05, 0) is 20.2 Å². The van der Waals surface area contributed by atoms with Gasteiger partial charge in [0.25, 0.3) is 5.69 Å². The van der Waals surface area contributed by atoms with Crippen LogP contribution in [0.25, 0.3) is 0 Å². The van der Waals surface area contributed by atoms with E-state index in [2.05, 4.69) is 0 Å². The van der Waals surface area contributed by atoms with Crippen LogP contribution in [0, 0.1) is 10.1 Å². The highest BCUT2D eigenvalue weighted by molar-refractivity contribution is 5.82. The van der Waals surface area contributed by atoms with E-state index in [9.17, 15) is 14.9 Å². The first-order valence-corrected chi connectivity index (χ1v) is 4.42. The van der Waals surface area contributed by atoms with Crippen LogP contribution in [-0.4, -0.2) is 30.2 Å². The van der Waals surface area contributed by atoms with Gasteiger partial charge in [-0.15, -0.1) is 0 Å². The first kappa shape index (κ1) is 11.3. The fourth-order valence-corrected chi connectivity index (χ4v) is 1.40. The quantitative estimate of drug-likeness (QED) is 0.427. The predicted octanol–water partition coefficient (Wildman–Crippen LogP) is 1.47. The summed E-state index contributed by atoms with van der Waals surface area (Å²) in [6.07, 6.45) is 0.511. The second-order valence-corrected chi connectivity index (χ2v) is 3.47. The molecule has 0 aliphatic heterocycles. The molecular weight excluding hydrogens is 196 g/mol. The van der Waals surface area contributed by atoms with E-state index >= 15 is 0 Å². The Morgan fingerprint density at radius 1 is 1.47 bits per heavy atom. The highest BCUT2D eigenvalue weighted by Crippen LogP contribution is 2.23. The minimum absolute atomic E-state index is 0.0961. The highest BCUT2D eigenvalue weighted by atomic mass is 16.6. The molecule has 0 radical (unpaired) electrons. The van der Waals surface area contributed by atoms with Crippen LogP contribution in [-0.2, 0) is 6.54 Å². The van der Waals surface area contributed by atoms with Crippen molar-refractivity contribution in [3.63, 3.8) is 0 Å². The zero-order chi connectivity index (χ0) is 11.4. The lowest BCUT2D eigenvalue weighted by molar-refractivity contribution is -0.385. The summed E-state index contributed by atoms with van der Waals surface area (Å²) in [6.45, 7) is 0.442. The number of hydrogen-bond donors (Lipinski definition) is 0. The average molecular weight is 208 g/mol. The van der Waals surface area contributed by atoms with Crippen molar-refractivity contribution in [3.05, 3.63) is 39.4 Å². The van der Waals surface area contributed by atoms with Crippen LogP contribution >= 0.6 is 0 Å². The topological polar surface area (TPSA) is 63.5 Å². The van der Waals surface area contributed by atoms with E-state index in [1.54, 1.807) is 12.1 Å². The largest absolute Gasteiger partial charge is 0.305 e. The Bertz CT molecular complexity index is 388. The van der Waals surface area contributed by atoms with Gasteiger partial charge in [0, 0.05) is 12.1 Å². The van der Waals surface area contributed by atoms with Crippen molar-refractivity contribution in [2.75, 3.05) is 14.1 Å². The molecule has 0 saturated heterocycles. The van der Waals surface area contributed by atoms with Crippen molar-refractivity contribution in [1.82, 2.24) is 4.90 Å². The fraction of sp³-hybridized carbons (Fsp3) is 0.300. The molecule has 1 aromatic rings. The molecule has 0 aliphatic carbocycles. The summed E-state index contributed by atoms with van der Waals surface area (Å²) in [5, 5.41) is 10.8. The second-order valence-electron chi connectivity index (χ2n) is 3.47. The zero-order valence-corrected chi connectivity index (χ0v) is 8.64. The minimum Gasteiger partial charge on any atom is -0.305 e. The Hall–Kier alpha value is -1.75. The van der Waals surface area contributed by atoms with E-state index < -0.39 is 4.92 Å². The van der Waals surface area contributed by atoms with Crippen molar-refractivity contribution in [3.8, 4) is 0 Å². The maximum absolute atomic E-state index is 10.8. The van der Waals surface area contributed by atoms with Crippen LogP contribution in [0.3, 0.4) is 0 Å². The Kier molecular flexibility index (Phi) is 3.51. The summed E-state index contributed by atoms with van der Waals surface area (Å²) in [7, 11) is 3.63. The van der Waals surface area contributed by atoms with Crippen LogP contribution in [0.1, 0.15) is 15.9 Å². The lowest BCUT2D eigenvalue weighted by atomic mass is 10.1. The first-order valence-electron chi connectivity index (χ1n) is 4.42. The number of nitro benzene ring substituents is 1. The van der Waals surface area contributed by atoms with Gasteiger partial charge in [-0.1, -0.05) is 12.1 Å². The number of hydrogen-bond acceptors (Lipinski definition) is 4. The van der Waals surface area contributed by atoms with Gasteiger partial charge in [0.15, 0.2) is 6.29 Å². The summed E-state index contributed by atoms with van der Waals surface area (Å²) in [6, 6.07) is 4.75. The molecule has 0 atom stereocenters. The molecular formula is C10H12N2O3. The monoisotopic (exact) mass is 208 g/mol. The molecule has 80 valence electrons. The van der Waals surface area contributed by atoms with Crippen LogP contribution in [0.15, 0.2) is 18.2 Å². The standard InChI is InChI=1S/C10H12N2O3/c1-11(2)6-8-4-3-5-9(7-13)10(8)12(14)15/h3-5,7H,6H2,1-2H3. The van der Waals surface area contributed by atoms with Gasteiger partial charge in [0.1, 0.15) is 0 Å². The fourth-order valence-electron chi connectivity index (χ4n) is 1.40. The molecule has 0 aliphatic rings. The Balaban J connectivity index is 3.25. The van der Waals surface area contributed by atoms with E-state index in [0.717, 1.165) is 0 Å². The molecule has 0 saturated carbocycles. The van der Waals surface area contributed by atoms with Crippen LogP contribution in [0.4, 0.5) is 5.69 Å². The zero-order valence-electron chi connectivity index (χ0n) is 8.64. The number of carbonyl (C=O) groups excluding carboxylic acids is 1. The molecule has 0 spiro atoms. The van der Waals surface area contributed by atoms with Crippen molar-refractivity contribution < 1.29 is 9.72 Å². The number of benzene rings is 1. The Morgan fingerprint density at radius 3 is 2.60 bits per heavy atom. The van der Waals surface area contributed by atoms with E-state index in [4.69, 9.17) is 0 Å². The minimum atomic E-state index is -0.511. The first-order chi connectivity index (χ1) is 7.06. The molecule has 0 heterocycles. The van der Waals surface area contributed by atoms with E-state index in [1.807, 2.05) is 19.0 Å². The smallest absolute Gasteiger partial charge is 0.284 e. The molecule has 1 aromatic carbocycles. The molecule has 5 nitrogen and oxygen atoms in total. The van der Waals surface area contributed by atoms with Gasteiger partial charge >= 0.3 is 0 Å². The number of rotatable bonds is 4. The van der Waals surface area contributed by atoms with E-state index in [1.165, 1.54) is 6.07 Å². The summed E-state index contributed by atoms with van der Waals surface area (Å²) < 4.78 is 0. The van der Waals surface area contributed by atoms with Crippen molar-refractivity contribution in [1.29, 1.82) is 0 Å². The van der Waals surface area contributed by atoms with Crippen LogP contribution in [0.5, 0.6) is 0 Å². The van der Waals surface area contributed by atoms with Crippen LogP contribution in [0.2, 0.25) is 0 Å². The van der Waals surface area contributed by atoms with Crippen molar-refractivity contribution in [2.45, 2.75) is 6.54 Å². The lowest BCUT2D eigenvalue weighted by Crippen LogP contribution is -2.12. The third-order valence-electron chi connectivity index (χ3n) is 1.95. The number of nitrogens with zero attached hydrogens (tertiary/aromatic N) is 2. The lowest BCUT2D eigenvalue weighted by Gasteiger charge is -2.10. The molecule has 0 aromatic heterocycles. The van der Waals surface area contributed by atoms with Gasteiger partial charge in [-0.3, -0.25) is 14.9 Å². The summed E-state index contributed by atoms with van der Waals surface area (Å²) in [5.74, 6) is 0. The molecule has 15 heavy (non-hydrogen) atoms. The maximum Gasteiger partial charge on any atom is 0.284 e. The second kappa shape index (κ2) is 4.65. The van der Waals surface area contributed by atoms with Crippen LogP contribution < -0.4 is 0 Å². The van der Waals surface area contributed by atoms with Gasteiger partial charge in [0.2, 0.25) is 0 Å². The Labute approximate surface area is 87.5 Å². The van der Waals surface area contributed by atoms with Gasteiger partial charge in [-0.25, -0.2) is 0 Å². The highest BCUT2D eigenvalue weighted by Gasteiger charge is 2.18. The molecule has 1 rings (SSSR count). The summed E-state index contributed by atoms with van der Waals surface area (Å²) in [5.41, 5.74) is 0.579. The molecule has 0 N–H and O–H groups in total. The van der Waals surface area contributed by atoms with Gasteiger partial charge in [-0.2, -0.15) is 0 Å². The normalized spacial score (nSPS) is 10.3. The number of aldehydes is 1. The number of nitro groups is 1. The van der Waals surface area contributed by atoms with Crippen molar-refractivity contribution >= 4 is 12.0 Å². The number of para-hydroxylation sites is 1. The molecule has 0 unspecified atom stereocenters. The molecule has 5 heteroatoms. The maximum atomic E-state index is 10.8. The third-order valence-corrected chi connectivity index (χ3v) is 1.95. The van der Waals surface area contributed by atoms with Gasteiger partial charge < -0.3 is 4.90 Å². The molecule has 0 fully saturated rings. The SMILES string of the molecule is CN(C)Cc1cccc(C=O)c1[N+](=O)[O-]. The summed E-state index contributed by atoms with van der Waals surface area (Å²) >= 11 is 0. The van der Waals surface area contributed by atoms with Gasteiger partial charge in [0.05, 0.1) is 10.5 Å². The molecule has 0 amide bonds. The van der Waals surface area contributed by atoms with Crippen molar-refractivity contribution in [2.24, 2.45) is 0 Å². The van der Waals surface area contributed by atoms with E-state index in [-0.39, 0.29) is 11.3 Å². The average Bonchev–Trinajstić information content (AvgIpc) is 2.15. The third kappa shape index (κ3) is 2.60. The summed E-state index contributed by atoms with van der Waals surface area (Å²) in [4.78, 5) is 22.8.